The monoisotopic (exact) mass is 638 g/mol. The first-order valence-electron chi connectivity index (χ1n) is 14.4. The van der Waals surface area contributed by atoms with Crippen molar-refractivity contribution in [3.63, 3.8) is 0 Å². The summed E-state index contributed by atoms with van der Waals surface area (Å²) >= 11 is 5.80. The van der Waals surface area contributed by atoms with Crippen molar-refractivity contribution in [3.8, 4) is 12.3 Å². The molecule has 238 valence electrons. The van der Waals surface area contributed by atoms with Crippen LogP contribution in [0.15, 0.2) is 42.5 Å². The molecule has 2 aliphatic heterocycles. The van der Waals surface area contributed by atoms with Gasteiger partial charge in [0, 0.05) is 42.4 Å². The molecule has 5 N–H and O–H groups in total. The van der Waals surface area contributed by atoms with Crippen molar-refractivity contribution < 1.29 is 33.8 Å². The molecule has 3 atom stereocenters. The van der Waals surface area contributed by atoms with Gasteiger partial charge in [-0.05, 0) is 36.6 Å². The number of nitrogens with one attached hydrogen (secondary N) is 2. The van der Waals surface area contributed by atoms with E-state index in [0.29, 0.717) is 27.9 Å². The minimum atomic E-state index is -0.903. The number of carbonyl (C=O) groups excluding carboxylic acids is 5. The number of hydrogen-bond donors (Lipinski definition) is 4. The number of aliphatic hydroxyl groups excluding tert-OH is 1. The Morgan fingerprint density at radius 2 is 2.02 bits per heavy atom. The van der Waals surface area contributed by atoms with Crippen LogP contribution in [0.2, 0.25) is 0 Å². The zero-order valence-corrected chi connectivity index (χ0v) is 25.5. The minimum absolute atomic E-state index is 0.0562. The van der Waals surface area contributed by atoms with Crippen LogP contribution in [0.25, 0.3) is 0 Å². The predicted octanol–water partition coefficient (Wildman–Crippen LogP) is 1.52. The molecule has 6 amide bonds. The van der Waals surface area contributed by atoms with Gasteiger partial charge in [-0.3, -0.25) is 29.4 Å². The molecule has 45 heavy (non-hydrogen) atoms. The van der Waals surface area contributed by atoms with Gasteiger partial charge in [-0.15, -0.1) is 6.42 Å². The molecule has 0 aromatic heterocycles. The van der Waals surface area contributed by atoms with Gasteiger partial charge < -0.3 is 25.4 Å². The molecule has 0 radical (unpaired) electrons. The van der Waals surface area contributed by atoms with Gasteiger partial charge in [0.1, 0.15) is 12.3 Å². The number of nitrogens with zero attached hydrogens (tertiary/aromatic N) is 3. The van der Waals surface area contributed by atoms with Crippen molar-refractivity contribution in [2.75, 3.05) is 24.6 Å². The third-order valence-corrected chi connectivity index (χ3v) is 7.90. The number of rotatable bonds is 12. The second kappa shape index (κ2) is 15.0. The van der Waals surface area contributed by atoms with Crippen molar-refractivity contribution in [2.24, 2.45) is 5.73 Å². The van der Waals surface area contributed by atoms with Crippen LogP contribution >= 0.6 is 11.8 Å². The number of urea groups is 1. The predicted molar refractivity (Wildman–Crippen MR) is 164 cm³/mol. The van der Waals surface area contributed by atoms with Gasteiger partial charge in [0.05, 0.1) is 37.9 Å². The second-order valence-corrected chi connectivity index (χ2v) is 10.8. The fourth-order valence-electron chi connectivity index (χ4n) is 5.56. The molecular weight excluding hydrogens is 604 g/mol. The lowest BCUT2D eigenvalue weighted by Crippen LogP contribution is -2.52. The van der Waals surface area contributed by atoms with Crippen molar-refractivity contribution in [3.05, 3.63) is 64.7 Å². The number of hydrogen-bond acceptors (Lipinski definition) is 8. The van der Waals surface area contributed by atoms with Crippen LogP contribution in [-0.4, -0.2) is 76.5 Å². The Morgan fingerprint density at radius 1 is 1.27 bits per heavy atom. The maximum Gasteiger partial charge on any atom is 0.336 e. The average molecular weight is 639 g/mol. The van der Waals surface area contributed by atoms with Gasteiger partial charge in [-0.1, -0.05) is 36.3 Å². The van der Waals surface area contributed by atoms with Gasteiger partial charge >= 0.3 is 6.03 Å². The molecule has 4 rings (SSSR count). The van der Waals surface area contributed by atoms with Gasteiger partial charge in [0.2, 0.25) is 17.7 Å². The molecule has 0 saturated carbocycles. The number of carbonyl (C=O) groups is 5. The molecule has 1 fully saturated rings. The van der Waals surface area contributed by atoms with Crippen molar-refractivity contribution in [2.45, 2.75) is 57.6 Å². The molecule has 2 aromatic rings. The smallest absolute Gasteiger partial charge is 0.336 e. The van der Waals surface area contributed by atoms with E-state index in [9.17, 15) is 29.1 Å². The number of terminal acetylenes is 1. The van der Waals surface area contributed by atoms with Crippen molar-refractivity contribution >= 4 is 47.1 Å². The third kappa shape index (κ3) is 7.43. The van der Waals surface area contributed by atoms with Gasteiger partial charge in [-0.25, -0.2) is 9.63 Å². The lowest BCUT2D eigenvalue weighted by Gasteiger charge is -2.33. The molecule has 0 spiro atoms. The number of aliphatic hydroxyl groups is 1. The van der Waals surface area contributed by atoms with Crippen LogP contribution in [0.1, 0.15) is 59.3 Å². The van der Waals surface area contributed by atoms with Gasteiger partial charge in [-0.2, -0.15) is 0 Å². The number of fused-ring (bicyclic) bond motifs is 1. The molecule has 2 heterocycles. The highest BCUT2D eigenvalue weighted by Gasteiger charge is 2.39. The van der Waals surface area contributed by atoms with Crippen LogP contribution in [0.3, 0.4) is 0 Å². The lowest BCUT2D eigenvalue weighted by molar-refractivity contribution is -0.150. The summed E-state index contributed by atoms with van der Waals surface area (Å²) in [5.74, 6) is 0.837. The summed E-state index contributed by atoms with van der Waals surface area (Å²) in [5.41, 5.74) is 8.82. The Morgan fingerprint density at radius 3 is 2.69 bits per heavy atom. The molecule has 0 bridgehead atoms. The van der Waals surface area contributed by atoms with E-state index in [0.717, 1.165) is 0 Å². The molecule has 14 heteroatoms. The van der Waals surface area contributed by atoms with E-state index in [2.05, 4.69) is 16.1 Å². The maximum absolute atomic E-state index is 13.1. The van der Waals surface area contributed by atoms with Crippen LogP contribution in [0, 0.1) is 12.3 Å². The molecule has 13 nitrogen and oxygen atoms in total. The second-order valence-electron chi connectivity index (χ2n) is 10.6. The van der Waals surface area contributed by atoms with Crippen LogP contribution in [0.4, 0.5) is 10.5 Å². The molecule has 2 aromatic carbocycles. The summed E-state index contributed by atoms with van der Waals surface area (Å²) in [7, 11) is 0. The SMILES string of the molecule is C#CCN(C(=O)CCO)[C@H](CN)O[C@@H](C)c1ccccc1N(Cc1ccc2c(c1)CN([C@H]1CCC(=O)NC1=O)C2=O)C(=O)NCl. The van der Waals surface area contributed by atoms with E-state index in [1.807, 2.05) is 0 Å². The number of ether oxygens (including phenoxy) is 1. The summed E-state index contributed by atoms with van der Waals surface area (Å²) in [6.45, 7) is 1.48. The number of anilines is 1. The van der Waals surface area contributed by atoms with E-state index >= 15 is 0 Å². The summed E-state index contributed by atoms with van der Waals surface area (Å²) in [6.07, 6.45) is 4.14. The first-order valence-corrected chi connectivity index (χ1v) is 14.7. The number of amides is 6. The quantitative estimate of drug-likeness (QED) is 0.117. The summed E-state index contributed by atoms with van der Waals surface area (Å²) in [4.78, 5) is 69.2. The fraction of sp³-hybridized carbons (Fsp3) is 0.387. The number of halogens is 1. The Balaban J connectivity index is 1.58. The zero-order chi connectivity index (χ0) is 32.7. The van der Waals surface area contributed by atoms with Crippen molar-refractivity contribution in [1.82, 2.24) is 20.0 Å². The highest BCUT2D eigenvalue weighted by Crippen LogP contribution is 2.33. The number of benzene rings is 2. The van der Waals surface area contributed by atoms with Crippen molar-refractivity contribution in [1.29, 1.82) is 0 Å². The molecule has 2 aliphatic rings. The fourth-order valence-corrected chi connectivity index (χ4v) is 5.66. The molecule has 0 aliphatic carbocycles. The number of para-hydroxylation sites is 1. The van der Waals surface area contributed by atoms with Crippen LogP contribution in [0.5, 0.6) is 0 Å². The third-order valence-electron chi connectivity index (χ3n) is 7.74. The zero-order valence-electron chi connectivity index (χ0n) is 24.7. The summed E-state index contributed by atoms with van der Waals surface area (Å²) < 4.78 is 6.19. The normalized spacial score (nSPS) is 17.2. The lowest BCUT2D eigenvalue weighted by atomic mass is 10.0. The Labute approximate surface area is 265 Å². The Kier molecular flexibility index (Phi) is 11.1. The number of piperidine rings is 1. The van der Waals surface area contributed by atoms with E-state index in [4.69, 9.17) is 28.7 Å². The van der Waals surface area contributed by atoms with E-state index in [1.165, 1.54) is 14.7 Å². The molecule has 1 saturated heterocycles. The van der Waals surface area contributed by atoms with Crippen LogP contribution < -0.4 is 20.8 Å². The standard InChI is InChI=1S/C31H35ClN6O7/c1-3-13-36(27(41)12-14-39)28(16-33)45-19(2)22-6-4-5-7-24(22)38(31(44)35-32)17-20-8-9-23-21(15-20)18-37(30(23)43)25-10-11-26(40)34-29(25)42/h1,4-9,15,19,25,28,39H,10-14,16-18,33H2,2H3,(H,35,44)(H,34,40,42)/t19-,25-,28-/m0/s1. The topological polar surface area (TPSA) is 175 Å². The first kappa shape index (κ1) is 33.4. The first-order chi connectivity index (χ1) is 21.6. The van der Waals surface area contributed by atoms with E-state index in [1.54, 1.807) is 49.4 Å². The highest BCUT2D eigenvalue weighted by molar-refractivity contribution is 6.23. The Bertz CT molecular complexity index is 1510. The van der Waals surface area contributed by atoms with Gasteiger partial charge in [0.15, 0.2) is 0 Å². The molecular formula is C31H35ClN6O7. The number of imide groups is 1. The average Bonchev–Trinajstić information content (AvgIpc) is 3.36. The highest BCUT2D eigenvalue weighted by atomic mass is 35.5. The molecule has 0 unspecified atom stereocenters. The number of nitrogens with two attached hydrogens (primary N) is 1. The minimum Gasteiger partial charge on any atom is -0.396 e. The van der Waals surface area contributed by atoms with E-state index in [-0.39, 0.29) is 63.9 Å². The summed E-state index contributed by atoms with van der Waals surface area (Å²) in [5, 5.41) is 11.5. The Hall–Kier alpha value is -4.48. The largest absolute Gasteiger partial charge is 0.396 e. The summed E-state index contributed by atoms with van der Waals surface area (Å²) in [6, 6.07) is 10.8. The maximum atomic E-state index is 13.1. The van der Waals surface area contributed by atoms with Crippen LogP contribution in [-0.2, 0) is 32.2 Å². The van der Waals surface area contributed by atoms with E-state index < -0.39 is 36.2 Å². The van der Waals surface area contributed by atoms with Gasteiger partial charge in [0.25, 0.3) is 5.91 Å².